The van der Waals surface area contributed by atoms with Gasteiger partial charge in [0, 0.05) is 18.9 Å². The number of ether oxygens (including phenoxy) is 1. The number of nitrogens with zero attached hydrogens (tertiary/aromatic N) is 1. The molecule has 6 nitrogen and oxygen atoms in total. The van der Waals surface area contributed by atoms with Crippen LogP contribution in [0.2, 0.25) is 0 Å². The van der Waals surface area contributed by atoms with E-state index >= 15 is 0 Å². The Bertz CT molecular complexity index is 349. The molecule has 0 saturated heterocycles. The maximum atomic E-state index is 10.9. The van der Waals surface area contributed by atoms with Crippen molar-refractivity contribution in [3.05, 3.63) is 16.6 Å². The Balaban J connectivity index is 0.00000121. The first-order valence-corrected chi connectivity index (χ1v) is 5.86. The van der Waals surface area contributed by atoms with E-state index in [1.807, 2.05) is 13.8 Å². The van der Waals surface area contributed by atoms with Gasteiger partial charge in [-0.15, -0.1) is 11.3 Å². The molecule has 1 aromatic rings. The van der Waals surface area contributed by atoms with Crippen molar-refractivity contribution in [2.75, 3.05) is 7.11 Å². The van der Waals surface area contributed by atoms with Crippen LogP contribution < -0.4 is 0 Å². The van der Waals surface area contributed by atoms with E-state index < -0.39 is 17.5 Å². The minimum atomic E-state index is -2.26. The summed E-state index contributed by atoms with van der Waals surface area (Å²) in [7, 11) is 1.05. The monoisotopic (exact) mass is 261 g/mol. The fourth-order valence-corrected chi connectivity index (χ4v) is 1.63. The molecule has 0 saturated carbocycles. The van der Waals surface area contributed by atoms with Crippen molar-refractivity contribution in [1.82, 2.24) is 4.98 Å². The summed E-state index contributed by atoms with van der Waals surface area (Å²) in [5.74, 6) is -3.07. The van der Waals surface area contributed by atoms with Gasteiger partial charge in [0.25, 0.3) is 5.60 Å². The van der Waals surface area contributed by atoms with Crippen LogP contribution >= 0.6 is 11.3 Å². The van der Waals surface area contributed by atoms with E-state index in [1.165, 1.54) is 16.8 Å². The standard InChI is InChI=1S/C8H9NO5S.C2H6/c1-14-8(6(10)11,7(12)13)2-5-3-15-4-9-5;1-2/h3-4H,2H2,1H3,(H,10,11)(H,12,13);1-2H3. The predicted molar refractivity (Wildman–Crippen MR) is 62.2 cm³/mol. The summed E-state index contributed by atoms with van der Waals surface area (Å²) in [6, 6.07) is 0. The molecule has 0 radical (unpaired) electrons. The largest absolute Gasteiger partial charge is 0.479 e. The second kappa shape index (κ2) is 6.97. The summed E-state index contributed by atoms with van der Waals surface area (Å²) in [5, 5.41) is 19.3. The number of hydrogen-bond donors (Lipinski definition) is 2. The molecule has 7 heteroatoms. The van der Waals surface area contributed by atoms with Gasteiger partial charge in [0.2, 0.25) is 0 Å². The fraction of sp³-hybridized carbons (Fsp3) is 0.500. The van der Waals surface area contributed by atoms with Crippen LogP contribution in [0.25, 0.3) is 0 Å². The fourth-order valence-electron chi connectivity index (χ4n) is 1.07. The Morgan fingerprint density at radius 3 is 2.24 bits per heavy atom. The molecule has 0 aliphatic carbocycles. The van der Waals surface area contributed by atoms with Gasteiger partial charge >= 0.3 is 11.9 Å². The molecular weight excluding hydrogens is 246 g/mol. The lowest BCUT2D eigenvalue weighted by atomic mass is 9.98. The molecule has 2 N–H and O–H groups in total. The zero-order valence-electron chi connectivity index (χ0n) is 9.84. The molecule has 0 amide bonds. The second-order valence-corrected chi connectivity index (χ2v) is 3.52. The normalized spacial score (nSPS) is 10.3. The smallest absolute Gasteiger partial charge is 0.348 e. The number of rotatable bonds is 5. The average molecular weight is 261 g/mol. The van der Waals surface area contributed by atoms with Crippen LogP contribution in [0.1, 0.15) is 19.5 Å². The maximum Gasteiger partial charge on any atom is 0.348 e. The lowest BCUT2D eigenvalue weighted by Crippen LogP contribution is -2.50. The summed E-state index contributed by atoms with van der Waals surface area (Å²) in [4.78, 5) is 25.6. The number of carbonyl (C=O) groups is 2. The molecule has 0 spiro atoms. The minimum absolute atomic E-state index is 0.294. The highest BCUT2D eigenvalue weighted by atomic mass is 32.1. The Kier molecular flexibility index (Phi) is 6.37. The van der Waals surface area contributed by atoms with Gasteiger partial charge in [-0.05, 0) is 0 Å². The van der Waals surface area contributed by atoms with Crippen LogP contribution in [-0.2, 0) is 20.7 Å². The van der Waals surface area contributed by atoms with E-state index in [2.05, 4.69) is 9.72 Å². The van der Waals surface area contributed by atoms with Crippen LogP contribution in [0, 0.1) is 0 Å². The van der Waals surface area contributed by atoms with Crippen molar-refractivity contribution >= 4 is 23.3 Å². The molecule has 17 heavy (non-hydrogen) atoms. The van der Waals surface area contributed by atoms with Crippen LogP contribution in [0.15, 0.2) is 10.9 Å². The van der Waals surface area contributed by atoms with Gasteiger partial charge in [0.1, 0.15) is 0 Å². The number of aliphatic carboxylic acids is 2. The van der Waals surface area contributed by atoms with E-state index in [-0.39, 0.29) is 6.42 Å². The summed E-state index contributed by atoms with van der Waals surface area (Å²) in [5.41, 5.74) is -0.375. The highest BCUT2D eigenvalue weighted by molar-refractivity contribution is 7.07. The van der Waals surface area contributed by atoms with Crippen molar-refractivity contribution in [3.63, 3.8) is 0 Å². The third kappa shape index (κ3) is 3.50. The first-order valence-electron chi connectivity index (χ1n) is 4.92. The molecule has 0 aliphatic heterocycles. The second-order valence-electron chi connectivity index (χ2n) is 2.80. The SMILES string of the molecule is CC.COC(Cc1cscn1)(C(=O)O)C(=O)O. The topological polar surface area (TPSA) is 96.7 Å². The van der Waals surface area contributed by atoms with Crippen molar-refractivity contribution in [3.8, 4) is 0 Å². The van der Waals surface area contributed by atoms with E-state index in [0.29, 0.717) is 5.69 Å². The zero-order valence-corrected chi connectivity index (χ0v) is 10.7. The van der Waals surface area contributed by atoms with Crippen LogP contribution in [0.5, 0.6) is 0 Å². The molecule has 0 fully saturated rings. The molecule has 0 atom stereocenters. The summed E-state index contributed by atoms with van der Waals surface area (Å²) in [6.45, 7) is 4.00. The summed E-state index contributed by atoms with van der Waals surface area (Å²) in [6.07, 6.45) is -0.294. The van der Waals surface area contributed by atoms with E-state index in [9.17, 15) is 9.59 Å². The maximum absolute atomic E-state index is 10.9. The van der Waals surface area contributed by atoms with Gasteiger partial charge in [-0.2, -0.15) is 0 Å². The number of hydrogen-bond acceptors (Lipinski definition) is 5. The Morgan fingerprint density at radius 1 is 1.41 bits per heavy atom. The van der Waals surface area contributed by atoms with Crippen molar-refractivity contribution < 1.29 is 24.5 Å². The Morgan fingerprint density at radius 2 is 1.94 bits per heavy atom. The molecular formula is C10H15NO5S. The molecule has 1 aromatic heterocycles. The average Bonchev–Trinajstić information content (AvgIpc) is 2.80. The van der Waals surface area contributed by atoms with Gasteiger partial charge in [-0.1, -0.05) is 13.8 Å². The Labute approximate surface area is 103 Å². The van der Waals surface area contributed by atoms with Crippen molar-refractivity contribution in [1.29, 1.82) is 0 Å². The van der Waals surface area contributed by atoms with E-state index in [0.717, 1.165) is 7.11 Å². The van der Waals surface area contributed by atoms with Gasteiger partial charge in [0.15, 0.2) is 0 Å². The number of carboxylic acids is 2. The first-order chi connectivity index (χ1) is 8.03. The Hall–Kier alpha value is -1.47. The zero-order chi connectivity index (χ0) is 13.5. The van der Waals surface area contributed by atoms with E-state index in [1.54, 1.807) is 5.38 Å². The van der Waals surface area contributed by atoms with E-state index in [4.69, 9.17) is 10.2 Å². The van der Waals surface area contributed by atoms with Gasteiger partial charge in [-0.3, -0.25) is 0 Å². The molecule has 0 unspecified atom stereocenters. The molecule has 96 valence electrons. The van der Waals surface area contributed by atoms with Crippen molar-refractivity contribution in [2.24, 2.45) is 0 Å². The molecule has 0 aliphatic rings. The number of aromatic nitrogens is 1. The highest BCUT2D eigenvalue weighted by Crippen LogP contribution is 2.18. The van der Waals surface area contributed by atoms with Gasteiger partial charge < -0.3 is 14.9 Å². The summed E-state index contributed by atoms with van der Waals surface area (Å²) < 4.78 is 4.60. The number of carboxylic acid groups (broad SMARTS) is 2. The predicted octanol–water partition coefficient (Wildman–Crippen LogP) is 1.27. The molecule has 1 heterocycles. The molecule has 0 aromatic carbocycles. The molecule has 1 rings (SSSR count). The first kappa shape index (κ1) is 15.5. The molecule has 0 bridgehead atoms. The third-order valence-electron chi connectivity index (χ3n) is 1.95. The minimum Gasteiger partial charge on any atom is -0.479 e. The van der Waals surface area contributed by atoms with Crippen LogP contribution in [0.4, 0.5) is 0 Å². The lowest BCUT2D eigenvalue weighted by molar-refractivity contribution is -0.179. The van der Waals surface area contributed by atoms with Crippen LogP contribution in [0.3, 0.4) is 0 Å². The van der Waals surface area contributed by atoms with Gasteiger partial charge in [-0.25, -0.2) is 14.6 Å². The van der Waals surface area contributed by atoms with Gasteiger partial charge in [0.05, 0.1) is 11.2 Å². The number of methoxy groups -OCH3 is 1. The lowest BCUT2D eigenvalue weighted by Gasteiger charge is -2.21. The summed E-state index contributed by atoms with van der Waals surface area (Å²) >= 11 is 1.26. The van der Waals surface area contributed by atoms with Crippen molar-refractivity contribution in [2.45, 2.75) is 25.9 Å². The van der Waals surface area contributed by atoms with Crippen LogP contribution in [-0.4, -0.2) is 39.8 Å². The number of thiazole rings is 1. The quantitative estimate of drug-likeness (QED) is 0.775. The highest BCUT2D eigenvalue weighted by Gasteiger charge is 2.47. The third-order valence-corrected chi connectivity index (χ3v) is 2.59.